The van der Waals surface area contributed by atoms with E-state index in [0.29, 0.717) is 6.54 Å². The Morgan fingerprint density at radius 3 is 2.82 bits per heavy atom. The molecule has 90 valence electrons. The number of benzene rings is 1. The van der Waals surface area contributed by atoms with Gasteiger partial charge in [-0.15, -0.1) is 11.8 Å². The van der Waals surface area contributed by atoms with Crippen molar-refractivity contribution in [3.63, 3.8) is 0 Å². The number of nitrogens with zero attached hydrogens (tertiary/aromatic N) is 2. The molecule has 4 heteroatoms. The molecule has 0 atom stereocenters. The van der Waals surface area contributed by atoms with Crippen molar-refractivity contribution < 1.29 is 0 Å². The lowest BCUT2D eigenvalue weighted by atomic mass is 10.3. The third kappa shape index (κ3) is 3.91. The second-order valence-corrected chi connectivity index (χ2v) is 4.98. The van der Waals surface area contributed by atoms with E-state index in [-0.39, 0.29) is 0 Å². The maximum absolute atomic E-state index is 5.50. The van der Waals surface area contributed by atoms with Crippen molar-refractivity contribution >= 4 is 11.8 Å². The topological polar surface area (TPSA) is 43.8 Å². The third-order valence-electron chi connectivity index (χ3n) is 2.45. The molecule has 0 aliphatic heterocycles. The standard InChI is InChI=1S/C13H17N3S/c14-7-6-12-10-15-16(11-12)8-9-17-13-4-2-1-3-5-13/h1-5,10-11H,6-9,14H2. The Balaban J connectivity index is 1.78. The average Bonchev–Trinajstić information content (AvgIpc) is 2.79. The first-order valence-electron chi connectivity index (χ1n) is 5.78. The predicted molar refractivity (Wildman–Crippen MR) is 72.2 cm³/mol. The van der Waals surface area contributed by atoms with Gasteiger partial charge >= 0.3 is 0 Å². The van der Waals surface area contributed by atoms with E-state index in [1.54, 1.807) is 0 Å². The van der Waals surface area contributed by atoms with E-state index in [1.807, 2.05) is 28.7 Å². The fourth-order valence-electron chi connectivity index (χ4n) is 1.60. The van der Waals surface area contributed by atoms with Gasteiger partial charge in [0.2, 0.25) is 0 Å². The Labute approximate surface area is 106 Å². The minimum absolute atomic E-state index is 0.685. The van der Waals surface area contributed by atoms with Crippen LogP contribution in [0.3, 0.4) is 0 Å². The lowest BCUT2D eigenvalue weighted by molar-refractivity contribution is 0.665. The molecule has 0 saturated carbocycles. The number of aryl methyl sites for hydroxylation is 1. The van der Waals surface area contributed by atoms with Crippen LogP contribution < -0.4 is 5.73 Å². The van der Waals surface area contributed by atoms with E-state index < -0.39 is 0 Å². The molecular formula is C13H17N3S. The van der Waals surface area contributed by atoms with E-state index in [4.69, 9.17) is 5.73 Å². The smallest absolute Gasteiger partial charge is 0.0522 e. The van der Waals surface area contributed by atoms with E-state index in [9.17, 15) is 0 Å². The van der Waals surface area contributed by atoms with Gasteiger partial charge in [-0.1, -0.05) is 18.2 Å². The molecule has 0 fully saturated rings. The van der Waals surface area contributed by atoms with Gasteiger partial charge in [0.05, 0.1) is 12.7 Å². The Bertz CT molecular complexity index is 439. The fraction of sp³-hybridized carbons (Fsp3) is 0.308. The molecule has 17 heavy (non-hydrogen) atoms. The van der Waals surface area contributed by atoms with Crippen LogP contribution in [0.1, 0.15) is 5.56 Å². The molecule has 2 aromatic rings. The van der Waals surface area contributed by atoms with Gasteiger partial charge in [-0.05, 0) is 30.7 Å². The summed E-state index contributed by atoms with van der Waals surface area (Å²) in [5, 5.41) is 4.31. The Hall–Kier alpha value is -1.26. The molecule has 0 radical (unpaired) electrons. The Morgan fingerprint density at radius 2 is 2.06 bits per heavy atom. The monoisotopic (exact) mass is 247 g/mol. The van der Waals surface area contributed by atoms with E-state index >= 15 is 0 Å². The van der Waals surface area contributed by atoms with Crippen LogP contribution in [0.25, 0.3) is 0 Å². The zero-order valence-corrected chi connectivity index (χ0v) is 10.6. The lowest BCUT2D eigenvalue weighted by Gasteiger charge is -2.01. The molecule has 0 amide bonds. The minimum atomic E-state index is 0.685. The molecule has 0 aliphatic carbocycles. The van der Waals surface area contributed by atoms with E-state index in [1.165, 1.54) is 10.5 Å². The van der Waals surface area contributed by atoms with Crippen LogP contribution in [0.15, 0.2) is 47.6 Å². The molecule has 0 aliphatic rings. The summed E-state index contributed by atoms with van der Waals surface area (Å²) in [6.07, 6.45) is 4.89. The zero-order chi connectivity index (χ0) is 11.9. The average molecular weight is 247 g/mol. The first kappa shape index (κ1) is 12.2. The maximum Gasteiger partial charge on any atom is 0.0522 e. The van der Waals surface area contributed by atoms with Gasteiger partial charge in [0.15, 0.2) is 0 Å². The van der Waals surface area contributed by atoms with Gasteiger partial charge in [-0.3, -0.25) is 4.68 Å². The predicted octanol–water partition coefficient (Wildman–Crippen LogP) is 2.18. The Morgan fingerprint density at radius 1 is 1.24 bits per heavy atom. The second-order valence-electron chi connectivity index (χ2n) is 3.81. The maximum atomic E-state index is 5.50. The summed E-state index contributed by atoms with van der Waals surface area (Å²) in [7, 11) is 0. The summed E-state index contributed by atoms with van der Waals surface area (Å²) >= 11 is 1.85. The minimum Gasteiger partial charge on any atom is -0.330 e. The summed E-state index contributed by atoms with van der Waals surface area (Å²) < 4.78 is 1.99. The molecule has 0 unspecified atom stereocenters. The van der Waals surface area contributed by atoms with Crippen molar-refractivity contribution in [2.45, 2.75) is 17.9 Å². The number of hydrogen-bond donors (Lipinski definition) is 1. The van der Waals surface area contributed by atoms with Gasteiger partial charge in [0.25, 0.3) is 0 Å². The molecule has 0 spiro atoms. The lowest BCUT2D eigenvalue weighted by Crippen LogP contribution is -2.02. The number of thioether (sulfide) groups is 1. The Kier molecular flexibility index (Phi) is 4.64. The van der Waals surface area contributed by atoms with E-state index in [0.717, 1.165) is 18.7 Å². The number of hydrogen-bond acceptors (Lipinski definition) is 3. The normalized spacial score (nSPS) is 10.6. The quantitative estimate of drug-likeness (QED) is 0.796. The van der Waals surface area contributed by atoms with Gasteiger partial charge < -0.3 is 5.73 Å². The van der Waals surface area contributed by atoms with Crippen molar-refractivity contribution in [1.29, 1.82) is 0 Å². The van der Waals surface area contributed by atoms with Crippen LogP contribution >= 0.6 is 11.8 Å². The number of nitrogens with two attached hydrogens (primary N) is 1. The molecule has 0 bridgehead atoms. The van der Waals surface area contributed by atoms with Crippen LogP contribution in [0.4, 0.5) is 0 Å². The molecule has 2 rings (SSSR count). The van der Waals surface area contributed by atoms with E-state index in [2.05, 4.69) is 35.6 Å². The molecular weight excluding hydrogens is 230 g/mol. The van der Waals surface area contributed by atoms with Crippen molar-refractivity contribution in [2.75, 3.05) is 12.3 Å². The summed E-state index contributed by atoms with van der Waals surface area (Å²) in [4.78, 5) is 1.31. The van der Waals surface area contributed by atoms with Crippen molar-refractivity contribution in [3.05, 3.63) is 48.3 Å². The summed E-state index contributed by atoms with van der Waals surface area (Å²) in [6, 6.07) is 10.4. The SMILES string of the molecule is NCCc1cnn(CCSc2ccccc2)c1. The van der Waals surface area contributed by atoms with Gasteiger partial charge in [-0.2, -0.15) is 5.10 Å². The van der Waals surface area contributed by atoms with Crippen LogP contribution in [0, 0.1) is 0 Å². The van der Waals surface area contributed by atoms with Crippen LogP contribution in [-0.4, -0.2) is 22.1 Å². The van der Waals surface area contributed by atoms with Gasteiger partial charge in [0.1, 0.15) is 0 Å². The van der Waals surface area contributed by atoms with Gasteiger partial charge in [0, 0.05) is 16.8 Å². The molecule has 2 N–H and O–H groups in total. The highest BCUT2D eigenvalue weighted by Gasteiger charge is 1.98. The third-order valence-corrected chi connectivity index (χ3v) is 3.44. The molecule has 1 aromatic carbocycles. The molecule has 1 heterocycles. The van der Waals surface area contributed by atoms with Gasteiger partial charge in [-0.25, -0.2) is 0 Å². The fourth-order valence-corrected chi connectivity index (χ4v) is 2.46. The van der Waals surface area contributed by atoms with Crippen LogP contribution in [0.2, 0.25) is 0 Å². The molecule has 0 saturated heterocycles. The molecule has 3 nitrogen and oxygen atoms in total. The van der Waals surface area contributed by atoms with Crippen molar-refractivity contribution in [3.8, 4) is 0 Å². The van der Waals surface area contributed by atoms with Crippen LogP contribution in [0.5, 0.6) is 0 Å². The molecule has 1 aromatic heterocycles. The zero-order valence-electron chi connectivity index (χ0n) is 9.75. The second kappa shape index (κ2) is 6.47. The summed E-state index contributed by atoms with van der Waals surface area (Å²) in [5.74, 6) is 1.04. The summed E-state index contributed by atoms with van der Waals surface area (Å²) in [6.45, 7) is 1.62. The first-order valence-corrected chi connectivity index (χ1v) is 6.76. The highest BCUT2D eigenvalue weighted by atomic mass is 32.2. The highest BCUT2D eigenvalue weighted by molar-refractivity contribution is 7.99. The highest BCUT2D eigenvalue weighted by Crippen LogP contribution is 2.16. The number of rotatable bonds is 6. The van der Waals surface area contributed by atoms with Crippen molar-refractivity contribution in [1.82, 2.24) is 9.78 Å². The van der Waals surface area contributed by atoms with Crippen molar-refractivity contribution in [2.24, 2.45) is 5.73 Å². The number of aromatic nitrogens is 2. The van der Waals surface area contributed by atoms with Crippen LogP contribution in [-0.2, 0) is 13.0 Å². The largest absolute Gasteiger partial charge is 0.330 e. The first-order chi connectivity index (χ1) is 8.38. The summed E-state index contributed by atoms with van der Waals surface area (Å²) in [5.41, 5.74) is 6.72.